The predicted octanol–water partition coefficient (Wildman–Crippen LogP) is 3.41. The van der Waals surface area contributed by atoms with E-state index in [2.05, 4.69) is 0 Å². The van der Waals surface area contributed by atoms with Crippen molar-refractivity contribution in [2.45, 2.75) is 0 Å². The van der Waals surface area contributed by atoms with Crippen LogP contribution in [-0.4, -0.2) is 6.29 Å². The summed E-state index contributed by atoms with van der Waals surface area (Å²) in [6.07, 6.45) is 2.15. The first-order valence-corrected chi connectivity index (χ1v) is 4.48. The quantitative estimate of drug-likeness (QED) is 0.705. The van der Waals surface area contributed by atoms with Gasteiger partial charge in [0.1, 0.15) is 0 Å². The van der Waals surface area contributed by atoms with E-state index in [4.69, 9.17) is 16.0 Å². The van der Waals surface area contributed by atoms with Crippen LogP contribution in [0.25, 0.3) is 11.1 Å². The summed E-state index contributed by atoms with van der Waals surface area (Å²) in [5, 5.41) is 0.608. The van der Waals surface area contributed by atoms with Crippen molar-refractivity contribution in [3.05, 3.63) is 47.4 Å². The molecule has 1 heterocycles. The first-order chi connectivity index (χ1) is 6.83. The molecule has 2 nitrogen and oxygen atoms in total. The third-order valence-corrected chi connectivity index (χ3v) is 2.30. The van der Waals surface area contributed by atoms with Crippen LogP contribution in [0.1, 0.15) is 10.6 Å². The van der Waals surface area contributed by atoms with Crippen molar-refractivity contribution < 1.29 is 9.21 Å². The van der Waals surface area contributed by atoms with Crippen molar-refractivity contribution in [1.29, 1.82) is 0 Å². The van der Waals surface area contributed by atoms with E-state index in [1.807, 2.05) is 18.2 Å². The average molecular weight is 207 g/mol. The molecule has 0 unspecified atom stereocenters. The van der Waals surface area contributed by atoms with Gasteiger partial charge in [0.2, 0.25) is 0 Å². The zero-order valence-corrected chi connectivity index (χ0v) is 7.99. The van der Waals surface area contributed by atoms with E-state index in [0.717, 1.165) is 11.1 Å². The van der Waals surface area contributed by atoms with E-state index in [1.54, 1.807) is 12.1 Å². The molecule has 3 heteroatoms. The van der Waals surface area contributed by atoms with Crippen LogP contribution in [-0.2, 0) is 0 Å². The van der Waals surface area contributed by atoms with Gasteiger partial charge in [0.05, 0.1) is 6.26 Å². The summed E-state index contributed by atoms with van der Waals surface area (Å²) >= 11 is 5.99. The lowest BCUT2D eigenvalue weighted by Gasteiger charge is -2.00. The van der Waals surface area contributed by atoms with Crippen LogP contribution in [0.15, 0.2) is 41.0 Å². The van der Waals surface area contributed by atoms with Crippen LogP contribution in [0.4, 0.5) is 0 Å². The third kappa shape index (κ3) is 1.44. The fourth-order valence-electron chi connectivity index (χ4n) is 1.31. The Morgan fingerprint density at radius 1 is 1.14 bits per heavy atom. The minimum Gasteiger partial charge on any atom is -0.461 e. The Kier molecular flexibility index (Phi) is 2.37. The maximum atomic E-state index is 10.6. The molecule has 2 aromatic rings. The standard InChI is InChI=1S/C11H7ClO2/c12-10-4-2-1-3-8(10)9-5-6-14-11(9)7-13/h1-7H. The Hall–Kier alpha value is -1.54. The van der Waals surface area contributed by atoms with Gasteiger partial charge in [0.25, 0.3) is 0 Å². The molecule has 1 aromatic heterocycles. The maximum Gasteiger partial charge on any atom is 0.185 e. The molecule has 14 heavy (non-hydrogen) atoms. The number of hydrogen-bond acceptors (Lipinski definition) is 2. The number of carbonyl (C=O) groups excluding carboxylic acids is 1. The normalized spacial score (nSPS) is 10.1. The number of rotatable bonds is 2. The molecule has 0 aliphatic rings. The second-order valence-corrected chi connectivity index (χ2v) is 3.20. The maximum absolute atomic E-state index is 10.6. The molecule has 0 radical (unpaired) electrons. The van der Waals surface area contributed by atoms with E-state index in [-0.39, 0.29) is 0 Å². The summed E-state index contributed by atoms with van der Waals surface area (Å²) in [4.78, 5) is 10.6. The van der Waals surface area contributed by atoms with Crippen molar-refractivity contribution in [2.24, 2.45) is 0 Å². The van der Waals surface area contributed by atoms with E-state index in [9.17, 15) is 4.79 Å². The molecular weight excluding hydrogens is 200 g/mol. The molecule has 70 valence electrons. The summed E-state index contributed by atoms with van der Waals surface area (Å²) in [6.45, 7) is 0. The van der Waals surface area contributed by atoms with Crippen molar-refractivity contribution in [3.8, 4) is 11.1 Å². The molecule has 0 fully saturated rings. The molecule has 0 spiro atoms. The molecule has 0 atom stereocenters. The monoisotopic (exact) mass is 206 g/mol. The van der Waals surface area contributed by atoms with Crippen LogP contribution in [0.5, 0.6) is 0 Å². The van der Waals surface area contributed by atoms with E-state index in [0.29, 0.717) is 17.1 Å². The first-order valence-electron chi connectivity index (χ1n) is 4.10. The summed E-state index contributed by atoms with van der Waals surface area (Å²) in [7, 11) is 0. The second-order valence-electron chi connectivity index (χ2n) is 2.80. The molecule has 2 rings (SSSR count). The number of aldehydes is 1. The van der Waals surface area contributed by atoms with Gasteiger partial charge in [-0.3, -0.25) is 4.79 Å². The lowest BCUT2D eigenvalue weighted by atomic mass is 10.1. The molecule has 0 N–H and O–H groups in total. The van der Waals surface area contributed by atoms with Crippen LogP contribution in [0.3, 0.4) is 0 Å². The van der Waals surface area contributed by atoms with E-state index < -0.39 is 0 Å². The van der Waals surface area contributed by atoms with Crippen LogP contribution >= 0.6 is 11.6 Å². The van der Waals surface area contributed by atoms with Gasteiger partial charge in [0.15, 0.2) is 12.0 Å². The Labute approximate surface area is 86.1 Å². The lowest BCUT2D eigenvalue weighted by molar-refractivity contribution is 0.110. The lowest BCUT2D eigenvalue weighted by Crippen LogP contribution is -1.82. The van der Waals surface area contributed by atoms with Gasteiger partial charge in [-0.25, -0.2) is 0 Å². The fourth-order valence-corrected chi connectivity index (χ4v) is 1.55. The minimum absolute atomic E-state index is 0.304. The summed E-state index contributed by atoms with van der Waals surface area (Å²) in [6, 6.07) is 9.05. The molecule has 0 aliphatic heterocycles. The van der Waals surface area contributed by atoms with Gasteiger partial charge in [0, 0.05) is 16.1 Å². The van der Waals surface area contributed by atoms with Crippen LogP contribution < -0.4 is 0 Å². The fraction of sp³-hybridized carbons (Fsp3) is 0. The summed E-state index contributed by atoms with van der Waals surface area (Å²) in [5.74, 6) is 0.304. The number of halogens is 1. The van der Waals surface area contributed by atoms with E-state index >= 15 is 0 Å². The summed E-state index contributed by atoms with van der Waals surface area (Å²) in [5.41, 5.74) is 1.54. The molecule has 0 saturated heterocycles. The Morgan fingerprint density at radius 3 is 2.64 bits per heavy atom. The molecule has 0 aliphatic carbocycles. The highest BCUT2D eigenvalue weighted by Gasteiger charge is 2.09. The van der Waals surface area contributed by atoms with E-state index in [1.165, 1.54) is 6.26 Å². The molecule has 0 saturated carbocycles. The third-order valence-electron chi connectivity index (χ3n) is 1.97. The smallest absolute Gasteiger partial charge is 0.185 e. The Balaban J connectivity index is 2.60. The van der Waals surface area contributed by atoms with Crippen molar-refractivity contribution in [3.63, 3.8) is 0 Å². The Bertz CT molecular complexity index is 460. The van der Waals surface area contributed by atoms with Gasteiger partial charge in [-0.15, -0.1) is 0 Å². The van der Waals surface area contributed by atoms with Gasteiger partial charge in [-0.05, 0) is 12.1 Å². The van der Waals surface area contributed by atoms with Crippen molar-refractivity contribution >= 4 is 17.9 Å². The molecule has 1 aromatic carbocycles. The first kappa shape index (κ1) is 9.03. The number of carbonyl (C=O) groups is 1. The molecule has 0 amide bonds. The SMILES string of the molecule is O=Cc1occc1-c1ccccc1Cl. The zero-order chi connectivity index (χ0) is 9.97. The van der Waals surface area contributed by atoms with Crippen molar-refractivity contribution in [2.75, 3.05) is 0 Å². The van der Waals surface area contributed by atoms with Gasteiger partial charge < -0.3 is 4.42 Å². The van der Waals surface area contributed by atoms with Crippen molar-refractivity contribution in [1.82, 2.24) is 0 Å². The highest BCUT2D eigenvalue weighted by Crippen LogP contribution is 2.30. The predicted molar refractivity (Wildman–Crippen MR) is 54.5 cm³/mol. The number of benzene rings is 1. The van der Waals surface area contributed by atoms with Gasteiger partial charge in [-0.1, -0.05) is 29.8 Å². The number of hydrogen-bond donors (Lipinski definition) is 0. The van der Waals surface area contributed by atoms with Crippen LogP contribution in [0.2, 0.25) is 5.02 Å². The largest absolute Gasteiger partial charge is 0.461 e. The topological polar surface area (TPSA) is 30.2 Å². The number of furan rings is 1. The van der Waals surface area contributed by atoms with Gasteiger partial charge >= 0.3 is 0 Å². The summed E-state index contributed by atoms with van der Waals surface area (Å²) < 4.78 is 5.00. The Morgan fingerprint density at radius 2 is 1.93 bits per heavy atom. The zero-order valence-electron chi connectivity index (χ0n) is 7.24. The van der Waals surface area contributed by atoms with Crippen LogP contribution in [0, 0.1) is 0 Å². The highest BCUT2D eigenvalue weighted by molar-refractivity contribution is 6.33. The minimum atomic E-state index is 0.304. The highest BCUT2D eigenvalue weighted by atomic mass is 35.5. The second kappa shape index (κ2) is 3.68. The molecule has 0 bridgehead atoms. The average Bonchev–Trinajstić information content (AvgIpc) is 2.66. The molecular formula is C11H7ClO2. The van der Waals surface area contributed by atoms with Gasteiger partial charge in [-0.2, -0.15) is 0 Å².